The molecule has 1 saturated carbocycles. The third-order valence-electron chi connectivity index (χ3n) is 7.15. The number of nitrogens with two attached hydrogens (primary N) is 4. The molecular weight excluding hydrogens is 609 g/mol. The number of nitrogens with one attached hydrogen (secondary N) is 2. The Labute approximate surface area is 253 Å². The van der Waals surface area contributed by atoms with E-state index in [4.69, 9.17) is 27.7 Å². The molecule has 2 aromatic rings. The molecule has 0 heterocycles. The van der Waals surface area contributed by atoms with Crippen molar-refractivity contribution in [3.63, 3.8) is 0 Å². The predicted molar refractivity (Wildman–Crippen MR) is 163 cm³/mol. The zero-order valence-electron chi connectivity index (χ0n) is 23.4. The highest BCUT2D eigenvalue weighted by Gasteiger charge is 2.28. The number of hydrogen-bond donors (Lipinski definition) is 6. The SMILES string of the molecule is NC(=O)c1ccc(NC(=O)[C@H](CC2CCCCC2)NC(=O)[C@@H](N)CCCN=C(N)N)c(OCc2ccc(Br)cc2F)c1. The lowest BCUT2D eigenvalue weighted by Crippen LogP contribution is -2.50. The van der Waals surface area contributed by atoms with E-state index in [0.717, 1.165) is 32.1 Å². The molecule has 0 aromatic heterocycles. The van der Waals surface area contributed by atoms with Gasteiger partial charge in [-0.3, -0.25) is 19.4 Å². The second-order valence-corrected chi connectivity index (χ2v) is 11.4. The summed E-state index contributed by atoms with van der Waals surface area (Å²) in [6, 6.07) is 7.15. The van der Waals surface area contributed by atoms with Crippen molar-refractivity contribution in [2.45, 2.75) is 70.1 Å². The Balaban J connectivity index is 1.77. The highest BCUT2D eigenvalue weighted by Crippen LogP contribution is 2.30. The number of carbonyl (C=O) groups excluding carboxylic acids is 3. The Kier molecular flexibility index (Phi) is 12.5. The average Bonchev–Trinajstić information content (AvgIpc) is 2.95. The fourth-order valence-corrected chi connectivity index (χ4v) is 5.16. The first kappa shape index (κ1) is 32.8. The summed E-state index contributed by atoms with van der Waals surface area (Å²) in [4.78, 5) is 42.3. The minimum absolute atomic E-state index is 0.0357. The summed E-state index contributed by atoms with van der Waals surface area (Å²) in [6.45, 7) is 0.171. The molecule has 13 heteroatoms. The number of nitrogens with zero attached hydrogens (tertiary/aromatic N) is 1. The number of guanidine groups is 1. The number of halogens is 2. The molecule has 11 nitrogen and oxygen atoms in total. The molecule has 3 amide bonds. The largest absolute Gasteiger partial charge is 0.487 e. The van der Waals surface area contributed by atoms with Crippen molar-refractivity contribution >= 4 is 45.3 Å². The lowest BCUT2D eigenvalue weighted by molar-refractivity contribution is -0.127. The third-order valence-corrected chi connectivity index (χ3v) is 7.65. The molecule has 1 fully saturated rings. The summed E-state index contributed by atoms with van der Waals surface area (Å²) < 4.78 is 20.8. The monoisotopic (exact) mass is 647 g/mol. The zero-order valence-corrected chi connectivity index (χ0v) is 25.0. The van der Waals surface area contributed by atoms with Gasteiger partial charge in [-0.25, -0.2) is 4.39 Å². The summed E-state index contributed by atoms with van der Waals surface area (Å²) in [6.07, 6.45) is 6.48. The standard InChI is InChI=1S/C29H39BrFN7O4/c30-20-10-8-19(21(31)15-20)16-42-25-14-18(26(33)39)9-11-23(25)37-28(41)24(13-17-5-2-1-3-6-17)38-27(40)22(32)7-4-12-36-29(34)35/h8-11,14-15,17,22,24H,1-7,12-13,16,32H2,(H2,33,39)(H,37,41)(H,38,40)(H4,34,35,36)/t22-,24-/m0/s1. The van der Waals surface area contributed by atoms with Gasteiger partial charge in [0, 0.05) is 22.1 Å². The Morgan fingerprint density at radius 1 is 1.05 bits per heavy atom. The fourth-order valence-electron chi connectivity index (χ4n) is 4.83. The van der Waals surface area contributed by atoms with E-state index in [0.29, 0.717) is 30.3 Å². The molecule has 2 atom stereocenters. The Morgan fingerprint density at radius 2 is 1.79 bits per heavy atom. The summed E-state index contributed by atoms with van der Waals surface area (Å²) in [5.74, 6) is -1.74. The van der Waals surface area contributed by atoms with E-state index >= 15 is 0 Å². The van der Waals surface area contributed by atoms with Crippen molar-refractivity contribution in [2.75, 3.05) is 11.9 Å². The van der Waals surface area contributed by atoms with Gasteiger partial charge in [0.1, 0.15) is 24.2 Å². The van der Waals surface area contributed by atoms with Crippen LogP contribution in [-0.2, 0) is 16.2 Å². The number of anilines is 1. The second kappa shape index (κ2) is 16.1. The molecule has 228 valence electrons. The van der Waals surface area contributed by atoms with Crippen LogP contribution in [0.25, 0.3) is 0 Å². The first-order valence-corrected chi connectivity index (χ1v) is 14.8. The van der Waals surface area contributed by atoms with Gasteiger partial charge in [0.05, 0.1) is 11.7 Å². The molecule has 1 aliphatic carbocycles. The zero-order chi connectivity index (χ0) is 30.6. The molecule has 1 aliphatic rings. The van der Waals surface area contributed by atoms with Crippen LogP contribution in [0.5, 0.6) is 5.75 Å². The normalized spacial score (nSPS) is 14.8. The number of hydrogen-bond acceptors (Lipinski definition) is 6. The molecule has 0 aliphatic heterocycles. The first-order chi connectivity index (χ1) is 20.0. The van der Waals surface area contributed by atoms with E-state index < -0.39 is 35.6 Å². The summed E-state index contributed by atoms with van der Waals surface area (Å²) >= 11 is 3.22. The molecule has 10 N–H and O–H groups in total. The van der Waals surface area contributed by atoms with Crippen LogP contribution in [0.15, 0.2) is 45.9 Å². The van der Waals surface area contributed by atoms with Gasteiger partial charge < -0.3 is 38.3 Å². The molecule has 3 rings (SSSR count). The maximum absolute atomic E-state index is 14.4. The number of primary amides is 1. The van der Waals surface area contributed by atoms with Crippen LogP contribution in [0.2, 0.25) is 0 Å². The number of benzene rings is 2. The maximum Gasteiger partial charge on any atom is 0.248 e. The number of rotatable bonds is 14. The molecule has 0 bridgehead atoms. The summed E-state index contributed by atoms with van der Waals surface area (Å²) in [5.41, 5.74) is 22.9. The van der Waals surface area contributed by atoms with E-state index in [1.54, 1.807) is 12.1 Å². The summed E-state index contributed by atoms with van der Waals surface area (Å²) in [5, 5.41) is 5.64. The van der Waals surface area contributed by atoms with Gasteiger partial charge in [-0.05, 0) is 55.5 Å². The third kappa shape index (κ3) is 10.3. The van der Waals surface area contributed by atoms with E-state index in [2.05, 4.69) is 31.6 Å². The smallest absolute Gasteiger partial charge is 0.248 e. The fraction of sp³-hybridized carbons (Fsp3) is 0.448. The lowest BCUT2D eigenvalue weighted by atomic mass is 9.84. The van der Waals surface area contributed by atoms with E-state index in [9.17, 15) is 18.8 Å². The van der Waals surface area contributed by atoms with Gasteiger partial charge in [0.2, 0.25) is 17.7 Å². The predicted octanol–water partition coefficient (Wildman–Crippen LogP) is 3.04. The highest BCUT2D eigenvalue weighted by atomic mass is 79.9. The topological polar surface area (TPSA) is 201 Å². The van der Waals surface area contributed by atoms with Crippen LogP contribution in [0.1, 0.15) is 67.3 Å². The van der Waals surface area contributed by atoms with Crippen molar-refractivity contribution < 1.29 is 23.5 Å². The molecule has 0 saturated heterocycles. The maximum atomic E-state index is 14.4. The van der Waals surface area contributed by atoms with Crippen LogP contribution in [-0.4, -0.2) is 42.3 Å². The summed E-state index contributed by atoms with van der Waals surface area (Å²) in [7, 11) is 0. The van der Waals surface area contributed by atoms with Crippen molar-refractivity contribution in [3.05, 3.63) is 57.8 Å². The van der Waals surface area contributed by atoms with Gasteiger partial charge in [-0.15, -0.1) is 0 Å². The van der Waals surface area contributed by atoms with Crippen molar-refractivity contribution in [1.82, 2.24) is 5.32 Å². The molecule has 0 spiro atoms. The van der Waals surface area contributed by atoms with Crippen LogP contribution in [0.3, 0.4) is 0 Å². The van der Waals surface area contributed by atoms with Crippen molar-refractivity contribution in [2.24, 2.45) is 33.8 Å². The first-order valence-electron chi connectivity index (χ1n) is 14.0. The Hall–Kier alpha value is -3.71. The van der Waals surface area contributed by atoms with E-state index in [-0.39, 0.29) is 41.0 Å². The average molecular weight is 649 g/mol. The van der Waals surface area contributed by atoms with Gasteiger partial charge in [0.15, 0.2) is 5.96 Å². The molecular formula is C29H39BrFN7O4. The van der Waals surface area contributed by atoms with Crippen LogP contribution >= 0.6 is 15.9 Å². The quantitative estimate of drug-likeness (QED) is 0.103. The Bertz CT molecular complexity index is 1280. The minimum atomic E-state index is -0.864. The van der Waals surface area contributed by atoms with Crippen molar-refractivity contribution in [3.8, 4) is 5.75 Å². The number of aliphatic imine (C=N–C) groups is 1. The Morgan fingerprint density at radius 3 is 2.45 bits per heavy atom. The van der Waals surface area contributed by atoms with Gasteiger partial charge in [-0.1, -0.05) is 54.1 Å². The number of ether oxygens (including phenoxy) is 1. The highest BCUT2D eigenvalue weighted by molar-refractivity contribution is 9.10. The van der Waals surface area contributed by atoms with Crippen LogP contribution in [0, 0.1) is 11.7 Å². The molecule has 2 aromatic carbocycles. The second-order valence-electron chi connectivity index (χ2n) is 10.4. The lowest BCUT2D eigenvalue weighted by Gasteiger charge is -2.27. The molecule has 42 heavy (non-hydrogen) atoms. The molecule has 0 radical (unpaired) electrons. The number of carbonyl (C=O) groups is 3. The van der Waals surface area contributed by atoms with Gasteiger partial charge in [-0.2, -0.15) is 0 Å². The van der Waals surface area contributed by atoms with Gasteiger partial charge >= 0.3 is 0 Å². The molecule has 0 unspecified atom stereocenters. The van der Waals surface area contributed by atoms with Crippen molar-refractivity contribution in [1.29, 1.82) is 0 Å². The van der Waals surface area contributed by atoms with Crippen LogP contribution in [0.4, 0.5) is 10.1 Å². The van der Waals surface area contributed by atoms with E-state index in [1.807, 2.05) is 0 Å². The van der Waals surface area contributed by atoms with E-state index in [1.165, 1.54) is 24.3 Å². The van der Waals surface area contributed by atoms with Gasteiger partial charge in [0.25, 0.3) is 0 Å². The van der Waals surface area contributed by atoms with Crippen LogP contribution < -0.4 is 38.3 Å². The minimum Gasteiger partial charge on any atom is -0.487 e. The number of amides is 3.